The SMILES string of the molecule is CCCCCCOc1ccc(NC(=O)C[C@H]2SC(=Nc3ccc(OC)cc3)N(CC)C2=O)cc1. The molecular weight excluding hydrogens is 450 g/mol. The monoisotopic (exact) mass is 483 g/mol. The third kappa shape index (κ3) is 7.25. The summed E-state index contributed by atoms with van der Waals surface area (Å²) in [6.45, 7) is 5.28. The molecule has 1 aliphatic heterocycles. The fraction of sp³-hybridized carbons (Fsp3) is 0.423. The second-order valence-electron chi connectivity index (χ2n) is 7.97. The lowest BCUT2D eigenvalue weighted by Crippen LogP contribution is -2.33. The molecule has 182 valence electrons. The first-order chi connectivity index (χ1) is 16.5. The summed E-state index contributed by atoms with van der Waals surface area (Å²) in [5, 5.41) is 2.99. The van der Waals surface area contributed by atoms with Crippen molar-refractivity contribution in [3.8, 4) is 11.5 Å². The Bertz CT molecular complexity index is 977. The summed E-state index contributed by atoms with van der Waals surface area (Å²) < 4.78 is 10.9. The molecule has 0 radical (unpaired) electrons. The quantitative estimate of drug-likeness (QED) is 0.396. The van der Waals surface area contributed by atoms with Crippen LogP contribution in [0, 0.1) is 0 Å². The predicted octanol–water partition coefficient (Wildman–Crippen LogP) is 5.63. The van der Waals surface area contributed by atoms with Gasteiger partial charge in [-0.25, -0.2) is 4.99 Å². The van der Waals surface area contributed by atoms with Gasteiger partial charge < -0.3 is 14.8 Å². The van der Waals surface area contributed by atoms with Crippen molar-refractivity contribution in [1.82, 2.24) is 4.90 Å². The summed E-state index contributed by atoms with van der Waals surface area (Å²) in [5.41, 5.74) is 1.41. The summed E-state index contributed by atoms with van der Waals surface area (Å²) in [5.74, 6) is 1.23. The topological polar surface area (TPSA) is 80.2 Å². The van der Waals surface area contributed by atoms with Gasteiger partial charge in [0, 0.05) is 18.7 Å². The highest BCUT2D eigenvalue weighted by molar-refractivity contribution is 8.15. The van der Waals surface area contributed by atoms with Crippen LogP contribution in [0.1, 0.15) is 46.0 Å². The second kappa shape index (κ2) is 13.0. The summed E-state index contributed by atoms with van der Waals surface area (Å²) >= 11 is 1.33. The Morgan fingerprint density at radius 3 is 2.38 bits per heavy atom. The first kappa shape index (κ1) is 25.6. The molecule has 0 saturated carbocycles. The number of carbonyl (C=O) groups excluding carboxylic acids is 2. The lowest BCUT2D eigenvalue weighted by Gasteiger charge is -2.13. The third-order valence-electron chi connectivity index (χ3n) is 5.41. The van der Waals surface area contributed by atoms with E-state index in [1.165, 1.54) is 31.0 Å². The minimum Gasteiger partial charge on any atom is -0.497 e. The van der Waals surface area contributed by atoms with Crippen LogP contribution >= 0.6 is 11.8 Å². The molecule has 1 atom stereocenters. The Kier molecular flexibility index (Phi) is 9.82. The Hall–Kier alpha value is -3.00. The van der Waals surface area contributed by atoms with Crippen LogP contribution in [0.4, 0.5) is 11.4 Å². The van der Waals surface area contributed by atoms with E-state index in [0.29, 0.717) is 24.0 Å². The number of hydrogen-bond acceptors (Lipinski definition) is 6. The van der Waals surface area contributed by atoms with Gasteiger partial charge in [-0.1, -0.05) is 37.9 Å². The van der Waals surface area contributed by atoms with E-state index in [2.05, 4.69) is 17.2 Å². The predicted molar refractivity (Wildman–Crippen MR) is 138 cm³/mol. The van der Waals surface area contributed by atoms with Gasteiger partial charge in [-0.2, -0.15) is 0 Å². The maximum Gasteiger partial charge on any atom is 0.242 e. The number of ether oxygens (including phenoxy) is 2. The molecule has 1 heterocycles. The van der Waals surface area contributed by atoms with E-state index in [9.17, 15) is 9.59 Å². The van der Waals surface area contributed by atoms with Crippen LogP contribution in [0.3, 0.4) is 0 Å². The highest BCUT2D eigenvalue weighted by Crippen LogP contribution is 2.32. The van der Waals surface area contributed by atoms with Gasteiger partial charge >= 0.3 is 0 Å². The van der Waals surface area contributed by atoms with Gasteiger partial charge in [0.1, 0.15) is 16.7 Å². The average molecular weight is 484 g/mol. The normalized spacial score (nSPS) is 16.7. The molecule has 1 saturated heterocycles. The Morgan fingerprint density at radius 2 is 1.74 bits per heavy atom. The second-order valence-corrected chi connectivity index (χ2v) is 9.14. The van der Waals surface area contributed by atoms with Crippen molar-refractivity contribution in [2.75, 3.05) is 25.6 Å². The van der Waals surface area contributed by atoms with Gasteiger partial charge in [-0.15, -0.1) is 0 Å². The number of amides is 2. The van der Waals surface area contributed by atoms with Gasteiger partial charge in [0.25, 0.3) is 0 Å². The van der Waals surface area contributed by atoms with Gasteiger partial charge in [0.15, 0.2) is 5.17 Å². The lowest BCUT2D eigenvalue weighted by molar-refractivity contribution is -0.128. The van der Waals surface area contributed by atoms with Gasteiger partial charge in [-0.3, -0.25) is 14.5 Å². The van der Waals surface area contributed by atoms with E-state index in [-0.39, 0.29) is 18.2 Å². The fourth-order valence-corrected chi connectivity index (χ4v) is 4.74. The number of nitrogens with one attached hydrogen (secondary N) is 1. The van der Waals surface area contributed by atoms with Crippen molar-refractivity contribution in [3.05, 3.63) is 48.5 Å². The molecule has 0 unspecified atom stereocenters. The zero-order valence-electron chi connectivity index (χ0n) is 20.1. The van der Waals surface area contributed by atoms with Crippen LogP contribution in [0.15, 0.2) is 53.5 Å². The molecule has 1 aliphatic rings. The highest BCUT2D eigenvalue weighted by atomic mass is 32.2. The molecule has 0 spiro atoms. The summed E-state index contributed by atoms with van der Waals surface area (Å²) in [4.78, 5) is 31.7. The number of nitrogens with zero attached hydrogens (tertiary/aromatic N) is 2. The third-order valence-corrected chi connectivity index (χ3v) is 6.58. The molecular formula is C26H33N3O4S. The van der Waals surface area contributed by atoms with E-state index >= 15 is 0 Å². The summed E-state index contributed by atoms with van der Waals surface area (Å²) in [7, 11) is 1.61. The number of rotatable bonds is 12. The minimum absolute atomic E-state index is 0.0807. The average Bonchev–Trinajstić information content (AvgIpc) is 3.13. The maximum atomic E-state index is 12.8. The number of anilines is 1. The fourth-order valence-electron chi connectivity index (χ4n) is 3.52. The molecule has 1 fully saturated rings. The van der Waals surface area contributed by atoms with Crippen molar-refractivity contribution in [2.45, 2.75) is 51.2 Å². The van der Waals surface area contributed by atoms with Gasteiger partial charge in [-0.05, 0) is 61.9 Å². The zero-order chi connectivity index (χ0) is 24.3. The zero-order valence-corrected chi connectivity index (χ0v) is 20.9. The number of aliphatic imine (C=N–C) groups is 1. The molecule has 3 rings (SSSR count). The number of benzene rings is 2. The molecule has 0 bridgehead atoms. The molecule has 0 aromatic heterocycles. The lowest BCUT2D eigenvalue weighted by atomic mass is 10.2. The van der Waals surface area contributed by atoms with Crippen LogP contribution < -0.4 is 14.8 Å². The number of unbranched alkanes of at least 4 members (excludes halogenated alkanes) is 3. The van der Waals surface area contributed by atoms with Crippen molar-refractivity contribution in [3.63, 3.8) is 0 Å². The largest absolute Gasteiger partial charge is 0.497 e. The Labute approximate surface area is 205 Å². The standard InChI is InChI=1S/C26H33N3O4S/c1-4-6-7-8-17-33-22-15-11-19(12-16-22)27-24(30)18-23-25(31)29(5-2)26(34-23)28-20-9-13-21(32-3)14-10-20/h9-16,23H,4-8,17-18H2,1-3H3,(H,27,30)/t23-/m1/s1. The highest BCUT2D eigenvalue weighted by Gasteiger charge is 2.38. The van der Waals surface area contributed by atoms with Crippen LogP contribution in [0.25, 0.3) is 0 Å². The number of amidine groups is 1. The van der Waals surface area contributed by atoms with Crippen LogP contribution in [0.2, 0.25) is 0 Å². The maximum absolute atomic E-state index is 12.8. The smallest absolute Gasteiger partial charge is 0.242 e. The van der Waals surface area contributed by atoms with E-state index in [4.69, 9.17) is 9.47 Å². The number of hydrogen-bond donors (Lipinski definition) is 1. The first-order valence-corrected chi connectivity index (χ1v) is 12.7. The van der Waals surface area contributed by atoms with E-state index < -0.39 is 5.25 Å². The molecule has 7 nitrogen and oxygen atoms in total. The molecule has 2 amide bonds. The van der Waals surface area contributed by atoms with Crippen LogP contribution in [-0.4, -0.2) is 47.4 Å². The Balaban J connectivity index is 1.53. The van der Waals surface area contributed by atoms with E-state index in [1.54, 1.807) is 12.0 Å². The summed E-state index contributed by atoms with van der Waals surface area (Å²) in [6, 6.07) is 14.7. The van der Waals surface area contributed by atoms with E-state index in [1.807, 2.05) is 55.5 Å². The molecule has 2 aromatic carbocycles. The molecule has 2 aromatic rings. The van der Waals surface area contributed by atoms with Crippen LogP contribution in [0.5, 0.6) is 11.5 Å². The van der Waals surface area contributed by atoms with Crippen LogP contribution in [-0.2, 0) is 9.59 Å². The molecule has 8 heteroatoms. The number of carbonyl (C=O) groups is 2. The summed E-state index contributed by atoms with van der Waals surface area (Å²) in [6.07, 6.45) is 4.72. The molecule has 1 N–H and O–H groups in total. The van der Waals surface area contributed by atoms with Crippen molar-refractivity contribution in [1.29, 1.82) is 0 Å². The van der Waals surface area contributed by atoms with Crippen molar-refractivity contribution < 1.29 is 19.1 Å². The van der Waals surface area contributed by atoms with Crippen molar-refractivity contribution >= 4 is 40.1 Å². The van der Waals surface area contributed by atoms with Gasteiger partial charge in [0.2, 0.25) is 11.8 Å². The molecule has 34 heavy (non-hydrogen) atoms. The number of thioether (sulfide) groups is 1. The Morgan fingerprint density at radius 1 is 1.03 bits per heavy atom. The van der Waals surface area contributed by atoms with Gasteiger partial charge in [0.05, 0.1) is 19.4 Å². The van der Waals surface area contributed by atoms with E-state index in [0.717, 1.165) is 23.6 Å². The minimum atomic E-state index is -0.498. The van der Waals surface area contributed by atoms with Crippen molar-refractivity contribution in [2.24, 2.45) is 4.99 Å². The number of methoxy groups -OCH3 is 1. The molecule has 0 aliphatic carbocycles. The first-order valence-electron chi connectivity index (χ1n) is 11.8.